The Balaban J connectivity index is 3.01. The fourth-order valence-electron chi connectivity index (χ4n) is 0.940. The van der Waals surface area contributed by atoms with Crippen LogP contribution in [0.3, 0.4) is 0 Å². The molecular weight excluding hydrogens is 156 g/mol. The van der Waals surface area contributed by atoms with Gasteiger partial charge in [-0.25, -0.2) is 0 Å². The number of hydrogen-bond donors (Lipinski definition) is 0. The molecule has 2 heteroatoms. The van der Waals surface area contributed by atoms with E-state index in [4.69, 9.17) is 12.2 Å². The molecule has 11 heavy (non-hydrogen) atoms. The second kappa shape index (κ2) is 7.86. The molecule has 0 N–H and O–H groups in total. The summed E-state index contributed by atoms with van der Waals surface area (Å²) in [6, 6.07) is 0. The molecule has 0 aliphatic carbocycles. The molecule has 0 bridgehead atoms. The molecule has 0 amide bonds. The van der Waals surface area contributed by atoms with E-state index in [1.54, 1.807) is 6.29 Å². The molecule has 0 aromatic heterocycles. The number of unbranched alkanes of at least 4 members (excludes halogenated alkanes) is 4. The van der Waals surface area contributed by atoms with Crippen molar-refractivity contribution in [2.24, 2.45) is 0 Å². The Morgan fingerprint density at radius 1 is 1.27 bits per heavy atom. The van der Waals surface area contributed by atoms with E-state index >= 15 is 0 Å². The summed E-state index contributed by atoms with van der Waals surface area (Å²) >= 11 is 4.71. The quantitative estimate of drug-likeness (QED) is 0.433. The average Bonchev–Trinajstić information content (AvgIpc) is 2.04. The molecule has 0 aliphatic rings. The number of thiocarbonyl (C=S) groups is 1. The van der Waals surface area contributed by atoms with E-state index < -0.39 is 0 Å². The molecule has 0 aliphatic heterocycles. The summed E-state index contributed by atoms with van der Waals surface area (Å²) < 4.78 is 0. The van der Waals surface area contributed by atoms with Gasteiger partial charge in [0, 0.05) is 0 Å². The van der Waals surface area contributed by atoms with Crippen molar-refractivity contribution in [3.8, 4) is 0 Å². The topological polar surface area (TPSA) is 17.1 Å². The number of carbonyl (C=O) groups excluding carboxylic acids is 1. The molecule has 0 unspecified atom stereocenters. The van der Waals surface area contributed by atoms with Crippen LogP contribution in [0.15, 0.2) is 0 Å². The third-order valence-electron chi connectivity index (χ3n) is 1.62. The zero-order valence-electron chi connectivity index (χ0n) is 7.06. The molecular formula is C9H15OS. The lowest BCUT2D eigenvalue weighted by molar-refractivity contribution is 0.566. The molecule has 0 fully saturated rings. The molecule has 0 saturated heterocycles. The molecule has 0 rings (SSSR count). The highest BCUT2D eigenvalue weighted by Crippen LogP contribution is 2.05. The molecule has 63 valence electrons. The predicted molar refractivity (Wildman–Crippen MR) is 51.7 cm³/mol. The summed E-state index contributed by atoms with van der Waals surface area (Å²) in [6.07, 6.45) is 8.53. The van der Waals surface area contributed by atoms with Crippen molar-refractivity contribution in [3.63, 3.8) is 0 Å². The monoisotopic (exact) mass is 171 g/mol. The molecule has 0 aromatic rings. The summed E-state index contributed by atoms with van der Waals surface area (Å²) in [5.41, 5.74) is 0. The minimum Gasteiger partial charge on any atom is -0.284 e. The molecule has 0 spiro atoms. The zero-order chi connectivity index (χ0) is 8.53. The smallest absolute Gasteiger partial charge is 0.240 e. The van der Waals surface area contributed by atoms with Crippen LogP contribution in [0.1, 0.15) is 45.4 Å². The molecule has 0 aromatic carbocycles. The highest BCUT2D eigenvalue weighted by atomic mass is 32.1. The van der Waals surface area contributed by atoms with Gasteiger partial charge >= 0.3 is 0 Å². The molecule has 0 saturated carbocycles. The van der Waals surface area contributed by atoms with Crippen LogP contribution in [0.2, 0.25) is 0 Å². The van der Waals surface area contributed by atoms with Crippen molar-refractivity contribution < 1.29 is 4.79 Å². The van der Waals surface area contributed by atoms with Crippen LogP contribution in [-0.4, -0.2) is 11.2 Å². The normalized spacial score (nSPS) is 9.55. The second-order valence-corrected chi connectivity index (χ2v) is 3.18. The Morgan fingerprint density at radius 2 is 1.91 bits per heavy atom. The second-order valence-electron chi connectivity index (χ2n) is 2.69. The Hall–Kier alpha value is -0.240. The highest BCUT2D eigenvalue weighted by Gasteiger charge is 1.94. The van der Waals surface area contributed by atoms with Crippen LogP contribution in [0.25, 0.3) is 0 Å². The SMILES string of the molecule is CCCCCCCC(=S)[C]=O. The van der Waals surface area contributed by atoms with Gasteiger partial charge in [0.25, 0.3) is 0 Å². The lowest BCUT2D eigenvalue weighted by Crippen LogP contribution is -1.94. The van der Waals surface area contributed by atoms with Crippen molar-refractivity contribution in [2.45, 2.75) is 45.4 Å². The molecule has 0 heterocycles. The zero-order valence-corrected chi connectivity index (χ0v) is 7.88. The largest absolute Gasteiger partial charge is 0.284 e. The van der Waals surface area contributed by atoms with Crippen LogP contribution in [0.5, 0.6) is 0 Å². The first-order valence-corrected chi connectivity index (χ1v) is 4.63. The Kier molecular flexibility index (Phi) is 7.69. The van der Waals surface area contributed by atoms with Crippen LogP contribution in [0.4, 0.5) is 0 Å². The van der Waals surface area contributed by atoms with Gasteiger partial charge in [-0.05, 0) is 12.8 Å². The Labute approximate surface area is 74.2 Å². The van der Waals surface area contributed by atoms with Gasteiger partial charge in [0.15, 0.2) is 0 Å². The average molecular weight is 171 g/mol. The third-order valence-corrected chi connectivity index (χ3v) is 1.91. The summed E-state index contributed by atoms with van der Waals surface area (Å²) in [7, 11) is 0. The summed E-state index contributed by atoms with van der Waals surface area (Å²) in [5.74, 6) is 0. The van der Waals surface area contributed by atoms with Crippen molar-refractivity contribution >= 4 is 23.4 Å². The summed E-state index contributed by atoms with van der Waals surface area (Å²) in [6.45, 7) is 2.18. The first-order valence-electron chi connectivity index (χ1n) is 4.22. The van der Waals surface area contributed by atoms with E-state index in [-0.39, 0.29) is 0 Å². The minimum atomic E-state index is 0.446. The van der Waals surface area contributed by atoms with Crippen molar-refractivity contribution in [2.75, 3.05) is 0 Å². The molecule has 1 nitrogen and oxygen atoms in total. The van der Waals surface area contributed by atoms with Gasteiger partial charge in [-0.2, -0.15) is 0 Å². The lowest BCUT2D eigenvalue weighted by Gasteiger charge is -1.96. The highest BCUT2D eigenvalue weighted by molar-refractivity contribution is 7.81. The van der Waals surface area contributed by atoms with E-state index in [1.165, 1.54) is 25.7 Å². The molecule has 1 radical (unpaired) electrons. The van der Waals surface area contributed by atoms with Gasteiger partial charge in [0.2, 0.25) is 6.29 Å². The summed E-state index contributed by atoms with van der Waals surface area (Å²) in [4.78, 5) is 10.4. The van der Waals surface area contributed by atoms with E-state index in [1.807, 2.05) is 0 Å². The van der Waals surface area contributed by atoms with Crippen LogP contribution >= 0.6 is 12.2 Å². The van der Waals surface area contributed by atoms with Gasteiger partial charge in [0.05, 0.1) is 4.86 Å². The maximum atomic E-state index is 9.96. The fraction of sp³-hybridized carbons (Fsp3) is 0.778. The van der Waals surface area contributed by atoms with Crippen molar-refractivity contribution in [1.29, 1.82) is 0 Å². The predicted octanol–water partition coefficient (Wildman–Crippen LogP) is 2.83. The maximum Gasteiger partial charge on any atom is 0.240 e. The van der Waals surface area contributed by atoms with Crippen LogP contribution in [0, 0.1) is 0 Å². The standard InChI is InChI=1S/C9H15OS/c1-2-3-4-5-6-7-9(11)8-10/h2-7H2,1H3. The molecule has 0 atom stereocenters. The van der Waals surface area contributed by atoms with E-state index in [0.717, 1.165) is 12.8 Å². The lowest BCUT2D eigenvalue weighted by atomic mass is 10.1. The number of rotatable bonds is 7. The van der Waals surface area contributed by atoms with Gasteiger partial charge in [-0.1, -0.05) is 44.8 Å². The van der Waals surface area contributed by atoms with Gasteiger partial charge in [0.1, 0.15) is 0 Å². The first-order chi connectivity index (χ1) is 5.31. The van der Waals surface area contributed by atoms with Crippen LogP contribution in [-0.2, 0) is 4.79 Å². The summed E-state index contributed by atoms with van der Waals surface area (Å²) in [5, 5.41) is 0. The third kappa shape index (κ3) is 7.66. The fourth-order valence-corrected chi connectivity index (χ4v) is 1.08. The van der Waals surface area contributed by atoms with E-state index in [9.17, 15) is 4.79 Å². The first kappa shape index (κ1) is 10.8. The maximum absolute atomic E-state index is 9.96. The van der Waals surface area contributed by atoms with Crippen molar-refractivity contribution in [1.82, 2.24) is 0 Å². The van der Waals surface area contributed by atoms with E-state index in [0.29, 0.717) is 4.86 Å². The Morgan fingerprint density at radius 3 is 2.45 bits per heavy atom. The van der Waals surface area contributed by atoms with Crippen molar-refractivity contribution in [3.05, 3.63) is 0 Å². The van der Waals surface area contributed by atoms with E-state index in [2.05, 4.69) is 6.92 Å². The Bertz CT molecular complexity index is 121. The van der Waals surface area contributed by atoms with Gasteiger partial charge < -0.3 is 0 Å². The minimum absolute atomic E-state index is 0.446. The van der Waals surface area contributed by atoms with Gasteiger partial charge in [-0.15, -0.1) is 0 Å². The number of hydrogen-bond acceptors (Lipinski definition) is 2. The van der Waals surface area contributed by atoms with Crippen LogP contribution < -0.4 is 0 Å². The van der Waals surface area contributed by atoms with Gasteiger partial charge in [-0.3, -0.25) is 4.79 Å².